The molecule has 0 spiro atoms. The highest BCUT2D eigenvalue weighted by Gasteiger charge is 2.17. The highest BCUT2D eigenvalue weighted by Crippen LogP contribution is 2.16. The molecule has 0 aliphatic carbocycles. The van der Waals surface area contributed by atoms with E-state index in [1.54, 1.807) is 0 Å². The third kappa shape index (κ3) is 9.76. The maximum absolute atomic E-state index is 10.2. The van der Waals surface area contributed by atoms with E-state index in [0.29, 0.717) is 13.0 Å². The summed E-state index contributed by atoms with van der Waals surface area (Å²) in [6.45, 7) is 8.92. The normalized spacial score (nSPS) is 19.2. The number of halogens is 1. The standard InChI is InChI=1S/C21H36N4O.HI/c1-3-22-21(23-13-9-15-25-14-8-7-10-18(25)2)24-17-20(26)16-19-11-5-4-6-12-19;/h4-6,11-12,18,20,26H,3,7-10,13-17H2,1-2H3,(H2,22,23,24);1H. The summed E-state index contributed by atoms with van der Waals surface area (Å²) in [5.41, 5.74) is 1.14. The Labute approximate surface area is 182 Å². The third-order valence-electron chi connectivity index (χ3n) is 4.97. The minimum atomic E-state index is -0.456. The zero-order valence-corrected chi connectivity index (χ0v) is 19.2. The molecule has 154 valence electrons. The van der Waals surface area contributed by atoms with Gasteiger partial charge in [0, 0.05) is 32.1 Å². The first-order chi connectivity index (χ1) is 12.7. The lowest BCUT2D eigenvalue weighted by Crippen LogP contribution is -2.41. The molecule has 1 aromatic carbocycles. The number of hydrogen-bond acceptors (Lipinski definition) is 3. The summed E-state index contributed by atoms with van der Waals surface area (Å²) >= 11 is 0. The van der Waals surface area contributed by atoms with E-state index in [9.17, 15) is 5.11 Å². The number of hydrogen-bond donors (Lipinski definition) is 3. The van der Waals surface area contributed by atoms with Gasteiger partial charge in [-0.15, -0.1) is 24.0 Å². The van der Waals surface area contributed by atoms with Gasteiger partial charge in [-0.3, -0.25) is 4.99 Å². The summed E-state index contributed by atoms with van der Waals surface area (Å²) in [6, 6.07) is 10.8. The predicted octanol–water partition coefficient (Wildman–Crippen LogP) is 3.03. The van der Waals surface area contributed by atoms with Crippen molar-refractivity contribution in [3.8, 4) is 0 Å². The van der Waals surface area contributed by atoms with Crippen molar-refractivity contribution in [2.75, 3.05) is 32.7 Å². The maximum Gasteiger partial charge on any atom is 0.191 e. The van der Waals surface area contributed by atoms with Crippen molar-refractivity contribution in [2.24, 2.45) is 4.99 Å². The SMILES string of the molecule is CCNC(=NCC(O)Cc1ccccc1)NCCCN1CCCCC1C.I. The highest BCUT2D eigenvalue weighted by atomic mass is 127. The molecule has 1 fully saturated rings. The Bertz CT molecular complexity index is 526. The van der Waals surface area contributed by atoms with E-state index in [4.69, 9.17) is 0 Å². The number of piperidine rings is 1. The zero-order chi connectivity index (χ0) is 18.6. The molecule has 2 unspecified atom stereocenters. The molecule has 1 saturated heterocycles. The van der Waals surface area contributed by atoms with Crippen LogP contribution in [-0.2, 0) is 6.42 Å². The Kier molecular flexibility index (Phi) is 12.7. The van der Waals surface area contributed by atoms with Crippen LogP contribution in [0, 0.1) is 0 Å². The van der Waals surface area contributed by atoms with E-state index in [1.807, 2.05) is 30.3 Å². The Hall–Kier alpha value is -0.860. The first-order valence-corrected chi connectivity index (χ1v) is 10.2. The quantitative estimate of drug-likeness (QED) is 0.217. The van der Waals surface area contributed by atoms with Crippen molar-refractivity contribution in [1.82, 2.24) is 15.5 Å². The lowest BCUT2D eigenvalue weighted by Gasteiger charge is -2.33. The van der Waals surface area contributed by atoms with Crippen LogP contribution in [-0.4, -0.2) is 60.8 Å². The second-order valence-corrected chi connectivity index (χ2v) is 7.22. The molecule has 1 aliphatic heterocycles. The van der Waals surface area contributed by atoms with E-state index in [-0.39, 0.29) is 24.0 Å². The van der Waals surface area contributed by atoms with Gasteiger partial charge < -0.3 is 20.6 Å². The topological polar surface area (TPSA) is 59.9 Å². The molecular weight excluding hydrogens is 451 g/mol. The van der Waals surface area contributed by atoms with Gasteiger partial charge in [-0.2, -0.15) is 0 Å². The average molecular weight is 488 g/mol. The smallest absolute Gasteiger partial charge is 0.191 e. The van der Waals surface area contributed by atoms with Crippen molar-refractivity contribution in [2.45, 2.75) is 58.1 Å². The molecular formula is C21H37IN4O. The summed E-state index contributed by atoms with van der Waals surface area (Å²) in [4.78, 5) is 7.14. The number of aliphatic imine (C=N–C) groups is 1. The highest BCUT2D eigenvalue weighted by molar-refractivity contribution is 14.0. The fraction of sp³-hybridized carbons (Fsp3) is 0.667. The minimum Gasteiger partial charge on any atom is -0.391 e. The Balaban J connectivity index is 0.00000364. The average Bonchev–Trinajstić information content (AvgIpc) is 2.65. The second kappa shape index (κ2) is 14.2. The van der Waals surface area contributed by atoms with Crippen molar-refractivity contribution < 1.29 is 5.11 Å². The van der Waals surface area contributed by atoms with E-state index in [2.05, 4.69) is 34.4 Å². The van der Waals surface area contributed by atoms with Crippen LogP contribution in [0.4, 0.5) is 0 Å². The number of aliphatic hydroxyl groups excluding tert-OH is 1. The van der Waals surface area contributed by atoms with Crippen LogP contribution in [0.15, 0.2) is 35.3 Å². The molecule has 1 aromatic rings. The molecule has 0 radical (unpaired) electrons. The van der Waals surface area contributed by atoms with Crippen LogP contribution in [0.2, 0.25) is 0 Å². The maximum atomic E-state index is 10.2. The molecule has 2 atom stereocenters. The summed E-state index contributed by atoms with van der Waals surface area (Å²) in [5, 5.41) is 16.9. The lowest BCUT2D eigenvalue weighted by molar-refractivity contribution is 0.159. The molecule has 0 bridgehead atoms. The van der Waals surface area contributed by atoms with Crippen LogP contribution in [0.25, 0.3) is 0 Å². The summed E-state index contributed by atoms with van der Waals surface area (Å²) in [5.74, 6) is 0.798. The fourth-order valence-corrected chi connectivity index (χ4v) is 3.47. The van der Waals surface area contributed by atoms with Gasteiger partial charge in [0.15, 0.2) is 5.96 Å². The first kappa shape index (κ1) is 24.2. The Morgan fingerprint density at radius 2 is 2.04 bits per heavy atom. The monoisotopic (exact) mass is 488 g/mol. The predicted molar refractivity (Wildman–Crippen MR) is 125 cm³/mol. The molecule has 1 heterocycles. The number of aliphatic hydroxyl groups is 1. The van der Waals surface area contributed by atoms with Crippen molar-refractivity contribution >= 4 is 29.9 Å². The van der Waals surface area contributed by atoms with Crippen LogP contribution in [0.3, 0.4) is 0 Å². The van der Waals surface area contributed by atoms with Crippen LogP contribution in [0.5, 0.6) is 0 Å². The number of nitrogens with zero attached hydrogens (tertiary/aromatic N) is 2. The molecule has 0 saturated carbocycles. The van der Waals surface area contributed by atoms with E-state index >= 15 is 0 Å². The van der Waals surface area contributed by atoms with Gasteiger partial charge in [-0.1, -0.05) is 36.8 Å². The molecule has 6 heteroatoms. The summed E-state index contributed by atoms with van der Waals surface area (Å²) in [7, 11) is 0. The van der Waals surface area contributed by atoms with E-state index in [1.165, 1.54) is 25.8 Å². The zero-order valence-electron chi connectivity index (χ0n) is 16.9. The largest absolute Gasteiger partial charge is 0.391 e. The van der Waals surface area contributed by atoms with Gasteiger partial charge in [0.05, 0.1) is 12.6 Å². The summed E-state index contributed by atoms with van der Waals surface area (Å²) < 4.78 is 0. The van der Waals surface area contributed by atoms with Gasteiger partial charge in [-0.05, 0) is 45.2 Å². The van der Waals surface area contributed by atoms with Gasteiger partial charge in [-0.25, -0.2) is 0 Å². The number of benzene rings is 1. The van der Waals surface area contributed by atoms with Crippen molar-refractivity contribution in [3.63, 3.8) is 0 Å². The molecule has 1 aliphatic rings. The number of nitrogens with one attached hydrogen (secondary N) is 2. The van der Waals surface area contributed by atoms with Gasteiger partial charge in [0.1, 0.15) is 0 Å². The van der Waals surface area contributed by atoms with E-state index < -0.39 is 6.10 Å². The van der Waals surface area contributed by atoms with Crippen molar-refractivity contribution in [3.05, 3.63) is 35.9 Å². The van der Waals surface area contributed by atoms with Crippen molar-refractivity contribution in [1.29, 1.82) is 0 Å². The van der Waals surface area contributed by atoms with Crippen LogP contribution in [0.1, 0.15) is 45.1 Å². The number of likely N-dealkylation sites (tertiary alicyclic amines) is 1. The number of rotatable bonds is 9. The van der Waals surface area contributed by atoms with Gasteiger partial charge >= 0.3 is 0 Å². The third-order valence-corrected chi connectivity index (χ3v) is 4.97. The lowest BCUT2D eigenvalue weighted by atomic mass is 10.0. The molecule has 0 amide bonds. The molecule has 27 heavy (non-hydrogen) atoms. The number of guanidine groups is 1. The summed E-state index contributed by atoms with van der Waals surface area (Å²) in [6.07, 6.45) is 5.33. The molecule has 0 aromatic heterocycles. The molecule has 5 nitrogen and oxygen atoms in total. The Morgan fingerprint density at radius 3 is 2.74 bits per heavy atom. The fourth-order valence-electron chi connectivity index (χ4n) is 3.47. The molecule has 3 N–H and O–H groups in total. The van der Waals surface area contributed by atoms with Crippen LogP contribution < -0.4 is 10.6 Å². The minimum absolute atomic E-state index is 0. The second-order valence-electron chi connectivity index (χ2n) is 7.22. The van der Waals surface area contributed by atoms with Gasteiger partial charge in [0.25, 0.3) is 0 Å². The Morgan fingerprint density at radius 1 is 1.26 bits per heavy atom. The van der Waals surface area contributed by atoms with Crippen LogP contribution >= 0.6 is 24.0 Å². The van der Waals surface area contributed by atoms with E-state index in [0.717, 1.165) is 43.6 Å². The van der Waals surface area contributed by atoms with Gasteiger partial charge in [0.2, 0.25) is 0 Å². The first-order valence-electron chi connectivity index (χ1n) is 10.2. The molecule has 2 rings (SSSR count).